The Balaban J connectivity index is 2.31. The second kappa shape index (κ2) is 4.17. The first-order chi connectivity index (χ1) is 8.08. The first-order valence-corrected chi connectivity index (χ1v) is 6.44. The highest BCUT2D eigenvalue weighted by molar-refractivity contribution is 5.88. The van der Waals surface area contributed by atoms with Crippen LogP contribution in [0.5, 0.6) is 0 Å². The van der Waals surface area contributed by atoms with Gasteiger partial charge in [-0.05, 0) is 23.8 Å². The fraction of sp³-hybridized carbons (Fsp3) is 0.533. The van der Waals surface area contributed by atoms with E-state index in [2.05, 4.69) is 13.8 Å². The van der Waals surface area contributed by atoms with E-state index in [1.807, 2.05) is 30.3 Å². The van der Waals surface area contributed by atoms with Gasteiger partial charge in [0.25, 0.3) is 0 Å². The summed E-state index contributed by atoms with van der Waals surface area (Å²) in [5.74, 6) is -0.166. The van der Waals surface area contributed by atoms with Crippen LogP contribution in [0.3, 0.4) is 0 Å². The summed E-state index contributed by atoms with van der Waals surface area (Å²) < 4.78 is 0. The van der Waals surface area contributed by atoms with Crippen LogP contribution in [-0.4, -0.2) is 5.91 Å². The van der Waals surface area contributed by atoms with Gasteiger partial charge in [-0.2, -0.15) is 0 Å². The van der Waals surface area contributed by atoms with Crippen molar-refractivity contribution in [2.75, 3.05) is 0 Å². The monoisotopic (exact) mass is 231 g/mol. The van der Waals surface area contributed by atoms with Crippen molar-refractivity contribution in [1.29, 1.82) is 0 Å². The molecule has 0 saturated heterocycles. The van der Waals surface area contributed by atoms with E-state index < -0.39 is 5.41 Å². The minimum atomic E-state index is -0.409. The van der Waals surface area contributed by atoms with Crippen LogP contribution in [0.25, 0.3) is 0 Å². The Morgan fingerprint density at radius 3 is 2.12 bits per heavy atom. The number of rotatable bonds is 4. The lowest BCUT2D eigenvalue weighted by Gasteiger charge is -2.54. The lowest BCUT2D eigenvalue weighted by atomic mass is 9.48. The molecule has 2 rings (SSSR count). The average Bonchev–Trinajstić information content (AvgIpc) is 2.30. The van der Waals surface area contributed by atoms with Crippen LogP contribution in [0.4, 0.5) is 0 Å². The van der Waals surface area contributed by atoms with Crippen molar-refractivity contribution in [2.45, 2.75) is 44.9 Å². The normalized spacial score (nSPS) is 20.6. The third-order valence-electron chi connectivity index (χ3n) is 4.65. The lowest BCUT2D eigenvalue weighted by Crippen LogP contribution is -2.56. The summed E-state index contributed by atoms with van der Waals surface area (Å²) in [5, 5.41) is 0. The second-order valence-corrected chi connectivity index (χ2v) is 5.37. The minimum absolute atomic E-state index is 0.166. The van der Waals surface area contributed by atoms with E-state index in [1.54, 1.807) is 0 Å². The first-order valence-electron chi connectivity index (χ1n) is 6.44. The maximum Gasteiger partial charge on any atom is 0.228 e. The van der Waals surface area contributed by atoms with Gasteiger partial charge in [0, 0.05) is 0 Å². The number of carbonyl (C=O) groups excluding carboxylic acids is 1. The van der Waals surface area contributed by atoms with E-state index in [4.69, 9.17) is 5.73 Å². The van der Waals surface area contributed by atoms with Crippen molar-refractivity contribution in [3.63, 3.8) is 0 Å². The van der Waals surface area contributed by atoms with Crippen LogP contribution in [0.2, 0.25) is 0 Å². The van der Waals surface area contributed by atoms with Gasteiger partial charge in [-0.1, -0.05) is 57.0 Å². The lowest BCUT2D eigenvalue weighted by molar-refractivity contribution is -0.133. The molecule has 2 N–H and O–H groups in total. The van der Waals surface area contributed by atoms with Gasteiger partial charge in [0.05, 0.1) is 5.41 Å². The van der Waals surface area contributed by atoms with E-state index in [1.165, 1.54) is 0 Å². The van der Waals surface area contributed by atoms with E-state index in [0.717, 1.165) is 31.2 Å². The number of hydrogen-bond donors (Lipinski definition) is 1. The Kier molecular flexibility index (Phi) is 2.98. The molecule has 2 heteroatoms. The van der Waals surface area contributed by atoms with Crippen molar-refractivity contribution in [1.82, 2.24) is 0 Å². The highest BCUT2D eigenvalue weighted by Crippen LogP contribution is 2.59. The molecule has 0 aliphatic heterocycles. The van der Waals surface area contributed by atoms with Gasteiger partial charge in [0.2, 0.25) is 5.91 Å². The number of nitrogens with two attached hydrogens (primary N) is 1. The molecule has 1 aromatic rings. The van der Waals surface area contributed by atoms with Gasteiger partial charge in [0.1, 0.15) is 0 Å². The molecule has 1 aliphatic rings. The standard InChI is InChI=1S/C15H21NO/c1-3-14(4-2)10-15(11-14,13(16)17)12-8-6-5-7-9-12/h5-9H,3-4,10-11H2,1-2H3,(H2,16,17). The van der Waals surface area contributed by atoms with Crippen molar-refractivity contribution in [2.24, 2.45) is 11.1 Å². The van der Waals surface area contributed by atoms with Crippen LogP contribution in [-0.2, 0) is 10.2 Å². The third-order valence-corrected chi connectivity index (χ3v) is 4.65. The molecule has 2 nitrogen and oxygen atoms in total. The second-order valence-electron chi connectivity index (χ2n) is 5.37. The zero-order chi connectivity index (χ0) is 12.5. The molecule has 0 unspecified atom stereocenters. The van der Waals surface area contributed by atoms with Crippen molar-refractivity contribution < 1.29 is 4.79 Å². The highest BCUT2D eigenvalue weighted by Gasteiger charge is 2.56. The van der Waals surface area contributed by atoms with E-state index in [0.29, 0.717) is 5.41 Å². The molecule has 0 spiro atoms. The zero-order valence-electron chi connectivity index (χ0n) is 10.7. The molecule has 0 radical (unpaired) electrons. The molecule has 0 bridgehead atoms. The van der Waals surface area contributed by atoms with Crippen molar-refractivity contribution in [3.8, 4) is 0 Å². The molecule has 1 amide bonds. The number of carbonyl (C=O) groups is 1. The molecule has 1 aromatic carbocycles. The van der Waals surface area contributed by atoms with Gasteiger partial charge < -0.3 is 5.73 Å². The van der Waals surface area contributed by atoms with Crippen LogP contribution in [0.15, 0.2) is 30.3 Å². The molecule has 1 saturated carbocycles. The molecular formula is C15H21NO. The maximum absolute atomic E-state index is 11.8. The fourth-order valence-electron chi connectivity index (χ4n) is 3.26. The Hall–Kier alpha value is -1.31. The summed E-state index contributed by atoms with van der Waals surface area (Å²) >= 11 is 0. The summed E-state index contributed by atoms with van der Waals surface area (Å²) in [6.45, 7) is 4.42. The van der Waals surface area contributed by atoms with Crippen LogP contribution in [0.1, 0.15) is 45.1 Å². The maximum atomic E-state index is 11.8. The van der Waals surface area contributed by atoms with E-state index in [-0.39, 0.29) is 5.91 Å². The molecule has 0 aromatic heterocycles. The van der Waals surface area contributed by atoms with Crippen molar-refractivity contribution >= 4 is 5.91 Å². The molecule has 0 heterocycles. The molecule has 17 heavy (non-hydrogen) atoms. The summed E-state index contributed by atoms with van der Waals surface area (Å²) in [7, 11) is 0. The quantitative estimate of drug-likeness (QED) is 0.850. The smallest absolute Gasteiger partial charge is 0.228 e. The predicted octanol–water partition coefficient (Wildman–Crippen LogP) is 3.01. The van der Waals surface area contributed by atoms with Gasteiger partial charge >= 0.3 is 0 Å². The Morgan fingerprint density at radius 2 is 1.71 bits per heavy atom. The molecular weight excluding hydrogens is 210 g/mol. The number of benzene rings is 1. The van der Waals surface area contributed by atoms with Crippen LogP contribution < -0.4 is 5.73 Å². The molecule has 92 valence electrons. The fourth-order valence-corrected chi connectivity index (χ4v) is 3.26. The van der Waals surface area contributed by atoms with Gasteiger partial charge in [0.15, 0.2) is 0 Å². The van der Waals surface area contributed by atoms with Crippen LogP contribution in [0, 0.1) is 5.41 Å². The van der Waals surface area contributed by atoms with Crippen LogP contribution >= 0.6 is 0 Å². The minimum Gasteiger partial charge on any atom is -0.369 e. The number of primary amides is 1. The molecule has 1 fully saturated rings. The Labute approximate surface area is 103 Å². The largest absolute Gasteiger partial charge is 0.369 e. The Morgan fingerprint density at radius 1 is 1.18 bits per heavy atom. The summed E-state index contributed by atoms with van der Waals surface area (Å²) in [6.07, 6.45) is 4.08. The number of amides is 1. The van der Waals surface area contributed by atoms with Crippen molar-refractivity contribution in [3.05, 3.63) is 35.9 Å². The summed E-state index contributed by atoms with van der Waals surface area (Å²) in [6, 6.07) is 10.00. The van der Waals surface area contributed by atoms with Gasteiger partial charge in [-0.3, -0.25) is 4.79 Å². The average molecular weight is 231 g/mol. The predicted molar refractivity (Wildman–Crippen MR) is 69.6 cm³/mol. The molecule has 1 aliphatic carbocycles. The van der Waals surface area contributed by atoms with Gasteiger partial charge in [-0.25, -0.2) is 0 Å². The Bertz CT molecular complexity index is 398. The highest BCUT2D eigenvalue weighted by atomic mass is 16.1. The summed E-state index contributed by atoms with van der Waals surface area (Å²) in [4.78, 5) is 11.8. The van der Waals surface area contributed by atoms with E-state index in [9.17, 15) is 4.79 Å². The molecule has 0 atom stereocenters. The SMILES string of the molecule is CCC1(CC)CC(C(N)=O)(c2ccccc2)C1. The topological polar surface area (TPSA) is 43.1 Å². The third kappa shape index (κ3) is 1.76. The first kappa shape index (κ1) is 12.2. The van der Waals surface area contributed by atoms with Gasteiger partial charge in [-0.15, -0.1) is 0 Å². The van der Waals surface area contributed by atoms with E-state index >= 15 is 0 Å². The summed E-state index contributed by atoms with van der Waals surface area (Å²) in [5.41, 5.74) is 6.66. The number of hydrogen-bond acceptors (Lipinski definition) is 1. The zero-order valence-corrected chi connectivity index (χ0v) is 10.7.